The van der Waals surface area contributed by atoms with E-state index in [1.807, 2.05) is 0 Å². The van der Waals surface area contributed by atoms with Crippen molar-refractivity contribution >= 4 is 15.9 Å². The molecule has 0 saturated heterocycles. The lowest BCUT2D eigenvalue weighted by molar-refractivity contribution is 0.268. The number of aliphatic hydroxyl groups is 1. The Labute approximate surface area is 78.3 Å². The van der Waals surface area contributed by atoms with Crippen molar-refractivity contribution in [2.45, 2.75) is 6.04 Å². The van der Waals surface area contributed by atoms with E-state index in [9.17, 15) is 4.39 Å². The summed E-state index contributed by atoms with van der Waals surface area (Å²) >= 11 is 3.03. The van der Waals surface area contributed by atoms with E-state index in [-0.39, 0.29) is 12.4 Å². The van der Waals surface area contributed by atoms with Crippen molar-refractivity contribution in [1.82, 2.24) is 0 Å². The lowest BCUT2D eigenvalue weighted by Crippen LogP contribution is -2.14. The maximum absolute atomic E-state index is 12.7. The molecular weight excluding hydrogens is 225 g/mol. The van der Waals surface area contributed by atoms with E-state index in [1.165, 1.54) is 6.07 Å². The van der Waals surface area contributed by atoms with Crippen LogP contribution in [0, 0.1) is 5.82 Å². The fourth-order valence-corrected chi connectivity index (χ4v) is 1.24. The fourth-order valence-electron chi connectivity index (χ4n) is 0.848. The van der Waals surface area contributed by atoms with Crippen molar-refractivity contribution in [1.29, 1.82) is 0 Å². The molecule has 0 aliphatic rings. The van der Waals surface area contributed by atoms with Gasteiger partial charge in [-0.25, -0.2) is 4.39 Å². The van der Waals surface area contributed by atoms with Crippen molar-refractivity contribution in [3.05, 3.63) is 34.1 Å². The van der Waals surface area contributed by atoms with Gasteiger partial charge in [-0.3, -0.25) is 0 Å². The average molecular weight is 234 g/mol. The van der Waals surface area contributed by atoms with Gasteiger partial charge in [-0.15, -0.1) is 0 Å². The molecular formula is C8H9BrFNO. The predicted molar refractivity (Wildman–Crippen MR) is 48.1 cm³/mol. The number of nitrogens with two attached hydrogens (primary N) is 1. The molecule has 12 heavy (non-hydrogen) atoms. The number of rotatable bonds is 2. The van der Waals surface area contributed by atoms with Crippen LogP contribution in [0.1, 0.15) is 11.6 Å². The number of halogens is 2. The third kappa shape index (κ3) is 2.03. The molecule has 66 valence electrons. The molecule has 0 aliphatic heterocycles. The van der Waals surface area contributed by atoms with Crippen molar-refractivity contribution in [3.63, 3.8) is 0 Å². The molecule has 0 saturated carbocycles. The van der Waals surface area contributed by atoms with Crippen LogP contribution < -0.4 is 5.73 Å². The second-order valence-corrected chi connectivity index (χ2v) is 3.32. The van der Waals surface area contributed by atoms with Gasteiger partial charge in [0, 0.05) is 0 Å². The summed E-state index contributed by atoms with van der Waals surface area (Å²) in [5, 5.41) is 8.71. The first-order valence-corrected chi connectivity index (χ1v) is 4.26. The highest BCUT2D eigenvalue weighted by atomic mass is 79.9. The van der Waals surface area contributed by atoms with E-state index in [4.69, 9.17) is 10.8 Å². The molecule has 0 unspecified atom stereocenters. The van der Waals surface area contributed by atoms with Gasteiger partial charge in [-0.2, -0.15) is 0 Å². The summed E-state index contributed by atoms with van der Waals surface area (Å²) in [5.41, 5.74) is 6.23. The van der Waals surface area contributed by atoms with E-state index >= 15 is 0 Å². The Morgan fingerprint density at radius 3 is 2.75 bits per heavy atom. The molecule has 0 fully saturated rings. The number of hydrogen-bond acceptors (Lipinski definition) is 2. The van der Waals surface area contributed by atoms with Gasteiger partial charge in [0.15, 0.2) is 0 Å². The van der Waals surface area contributed by atoms with Crippen molar-refractivity contribution in [2.75, 3.05) is 6.61 Å². The summed E-state index contributed by atoms with van der Waals surface area (Å²) in [6.07, 6.45) is 0. The quantitative estimate of drug-likeness (QED) is 0.815. The third-order valence-corrected chi connectivity index (χ3v) is 2.18. The van der Waals surface area contributed by atoms with E-state index in [0.717, 1.165) is 0 Å². The first-order chi connectivity index (χ1) is 5.65. The van der Waals surface area contributed by atoms with Crippen LogP contribution in [0.4, 0.5) is 4.39 Å². The summed E-state index contributed by atoms with van der Waals surface area (Å²) in [6.45, 7) is -0.141. The molecule has 3 N–H and O–H groups in total. The minimum atomic E-state index is -0.443. The van der Waals surface area contributed by atoms with Crippen LogP contribution >= 0.6 is 15.9 Å². The summed E-state index contributed by atoms with van der Waals surface area (Å²) in [6, 6.07) is 3.99. The molecule has 1 aromatic rings. The topological polar surface area (TPSA) is 46.2 Å². The van der Waals surface area contributed by atoms with Crippen LogP contribution in [0.25, 0.3) is 0 Å². The van der Waals surface area contributed by atoms with E-state index in [2.05, 4.69) is 15.9 Å². The molecule has 0 aliphatic carbocycles. The summed E-state index contributed by atoms with van der Waals surface area (Å²) in [4.78, 5) is 0. The summed E-state index contributed by atoms with van der Waals surface area (Å²) in [5.74, 6) is -0.330. The highest BCUT2D eigenvalue weighted by molar-refractivity contribution is 9.10. The zero-order valence-electron chi connectivity index (χ0n) is 6.30. The average Bonchev–Trinajstić information content (AvgIpc) is 2.08. The van der Waals surface area contributed by atoms with Crippen molar-refractivity contribution in [2.24, 2.45) is 5.73 Å². The summed E-state index contributed by atoms with van der Waals surface area (Å²) < 4.78 is 13.1. The Bertz CT molecular complexity index is 280. The van der Waals surface area contributed by atoms with E-state index in [1.54, 1.807) is 12.1 Å². The minimum absolute atomic E-state index is 0.141. The molecule has 0 amide bonds. The minimum Gasteiger partial charge on any atom is -0.394 e. The second-order valence-electron chi connectivity index (χ2n) is 2.46. The molecule has 0 heterocycles. The van der Waals surface area contributed by atoms with E-state index in [0.29, 0.717) is 10.0 Å². The number of benzene rings is 1. The molecule has 2 nitrogen and oxygen atoms in total. The largest absolute Gasteiger partial charge is 0.394 e. The Hall–Kier alpha value is -0.450. The molecule has 4 heteroatoms. The van der Waals surface area contributed by atoms with Gasteiger partial charge in [0.25, 0.3) is 0 Å². The fraction of sp³-hybridized carbons (Fsp3) is 0.250. The lowest BCUT2D eigenvalue weighted by atomic mass is 10.1. The van der Waals surface area contributed by atoms with Crippen LogP contribution in [0.15, 0.2) is 22.7 Å². The second kappa shape index (κ2) is 3.98. The maximum Gasteiger partial charge on any atom is 0.137 e. The molecule has 0 radical (unpaired) electrons. The molecule has 0 bridgehead atoms. The number of hydrogen-bond donors (Lipinski definition) is 2. The van der Waals surface area contributed by atoms with Gasteiger partial charge >= 0.3 is 0 Å². The highest BCUT2D eigenvalue weighted by Gasteiger charge is 2.06. The molecule has 0 spiro atoms. The molecule has 1 aromatic carbocycles. The monoisotopic (exact) mass is 233 g/mol. The first-order valence-electron chi connectivity index (χ1n) is 3.46. The third-order valence-electron chi connectivity index (χ3n) is 1.57. The molecule has 1 atom stereocenters. The van der Waals surface area contributed by atoms with Crippen LogP contribution in [0.3, 0.4) is 0 Å². The SMILES string of the molecule is N[C@H](CO)c1ccc(F)c(Br)c1. The van der Waals surface area contributed by atoms with Gasteiger partial charge in [-0.1, -0.05) is 6.07 Å². The van der Waals surface area contributed by atoms with Gasteiger partial charge < -0.3 is 10.8 Å². The normalized spacial score (nSPS) is 13.0. The van der Waals surface area contributed by atoms with Crippen molar-refractivity contribution < 1.29 is 9.50 Å². The first kappa shape index (κ1) is 9.64. The zero-order chi connectivity index (χ0) is 9.14. The lowest BCUT2D eigenvalue weighted by Gasteiger charge is -2.08. The Morgan fingerprint density at radius 2 is 2.25 bits per heavy atom. The van der Waals surface area contributed by atoms with Crippen LogP contribution in [0.5, 0.6) is 0 Å². The van der Waals surface area contributed by atoms with Crippen LogP contribution in [-0.4, -0.2) is 11.7 Å². The number of aliphatic hydroxyl groups excluding tert-OH is 1. The highest BCUT2D eigenvalue weighted by Crippen LogP contribution is 2.19. The summed E-state index contributed by atoms with van der Waals surface area (Å²) in [7, 11) is 0. The molecule has 1 rings (SSSR count). The zero-order valence-corrected chi connectivity index (χ0v) is 7.88. The molecule has 0 aromatic heterocycles. The Morgan fingerprint density at radius 1 is 1.58 bits per heavy atom. The Kier molecular flexibility index (Phi) is 3.20. The van der Waals surface area contributed by atoms with Gasteiger partial charge in [0.1, 0.15) is 5.82 Å². The Balaban J connectivity index is 2.96. The smallest absolute Gasteiger partial charge is 0.137 e. The van der Waals surface area contributed by atoms with Crippen LogP contribution in [-0.2, 0) is 0 Å². The van der Waals surface area contributed by atoms with Crippen LogP contribution in [0.2, 0.25) is 0 Å². The standard InChI is InChI=1S/C8H9BrFNO/c9-6-3-5(8(11)4-12)1-2-7(6)10/h1-3,8,12H,4,11H2/t8-/m1/s1. The predicted octanol–water partition coefficient (Wildman–Crippen LogP) is 1.58. The van der Waals surface area contributed by atoms with Crippen molar-refractivity contribution in [3.8, 4) is 0 Å². The van der Waals surface area contributed by atoms with Gasteiger partial charge in [0.2, 0.25) is 0 Å². The van der Waals surface area contributed by atoms with Gasteiger partial charge in [-0.05, 0) is 33.6 Å². The van der Waals surface area contributed by atoms with Gasteiger partial charge in [0.05, 0.1) is 17.1 Å². The maximum atomic E-state index is 12.7. The van der Waals surface area contributed by atoms with E-state index < -0.39 is 6.04 Å².